The van der Waals surface area contributed by atoms with Gasteiger partial charge in [0.05, 0.1) is 22.5 Å². The van der Waals surface area contributed by atoms with Gasteiger partial charge in [-0.15, -0.1) is 0 Å². The number of aromatic amines is 1. The Labute approximate surface area is 200 Å². The van der Waals surface area contributed by atoms with Crippen LogP contribution in [0.4, 0.5) is 11.5 Å². The van der Waals surface area contributed by atoms with Crippen LogP contribution >= 0.6 is 11.6 Å². The molecular weight excluding hydrogens is 476 g/mol. The number of nitro benzene ring substituents is 1. The van der Waals surface area contributed by atoms with Crippen LogP contribution in [-0.4, -0.2) is 40.4 Å². The summed E-state index contributed by atoms with van der Waals surface area (Å²) in [7, 11) is 0. The molecule has 0 saturated carbocycles. The number of anilines is 1. The number of nitrogens with one attached hydrogen (secondary N) is 2. The normalized spacial score (nSPS) is 11.0. The SMILES string of the molecule is Cc1cc(NC(=O)c2cccc([N+](=O)[O-])c2)n(-c2nc3c(cnn3-c3ccc(Cl)cc3)c(=O)[nH]2)n1. The Bertz CT molecular complexity index is 1670. The van der Waals surface area contributed by atoms with Gasteiger partial charge in [0.25, 0.3) is 17.2 Å². The average Bonchev–Trinajstić information content (AvgIpc) is 3.43. The molecule has 3 aromatic heterocycles. The fourth-order valence-electron chi connectivity index (χ4n) is 3.48. The van der Waals surface area contributed by atoms with E-state index in [1.54, 1.807) is 37.3 Å². The van der Waals surface area contributed by atoms with Crippen molar-refractivity contribution in [3.63, 3.8) is 0 Å². The number of hydrogen-bond acceptors (Lipinski definition) is 7. The number of carbonyl (C=O) groups excluding carboxylic acids is 1. The van der Waals surface area contributed by atoms with Crippen molar-refractivity contribution in [2.75, 3.05) is 5.32 Å². The zero-order valence-electron chi connectivity index (χ0n) is 18.0. The van der Waals surface area contributed by atoms with Gasteiger partial charge in [-0.25, -0.2) is 4.68 Å². The molecule has 0 aliphatic carbocycles. The number of aryl methyl sites for hydroxylation is 1. The molecule has 0 unspecified atom stereocenters. The molecule has 12 nitrogen and oxygen atoms in total. The summed E-state index contributed by atoms with van der Waals surface area (Å²) < 4.78 is 2.76. The maximum Gasteiger partial charge on any atom is 0.270 e. The number of H-pyrrole nitrogens is 1. The van der Waals surface area contributed by atoms with Crippen molar-refractivity contribution in [3.8, 4) is 11.6 Å². The number of halogens is 1. The molecule has 174 valence electrons. The number of benzene rings is 2. The van der Waals surface area contributed by atoms with Gasteiger partial charge in [0.15, 0.2) is 5.65 Å². The minimum Gasteiger partial charge on any atom is -0.306 e. The van der Waals surface area contributed by atoms with E-state index in [-0.39, 0.29) is 34.1 Å². The molecule has 0 aliphatic heterocycles. The number of amides is 1. The lowest BCUT2D eigenvalue weighted by molar-refractivity contribution is -0.384. The molecule has 0 fully saturated rings. The van der Waals surface area contributed by atoms with Crippen LogP contribution in [0.1, 0.15) is 16.1 Å². The number of nitro groups is 1. The third-order valence-electron chi connectivity index (χ3n) is 5.09. The molecule has 0 spiro atoms. The second-order valence-electron chi connectivity index (χ2n) is 7.50. The van der Waals surface area contributed by atoms with Gasteiger partial charge < -0.3 is 5.32 Å². The van der Waals surface area contributed by atoms with Crippen molar-refractivity contribution < 1.29 is 9.72 Å². The average molecular weight is 491 g/mol. The quantitative estimate of drug-likeness (QED) is 0.282. The molecule has 0 aliphatic rings. The summed E-state index contributed by atoms with van der Waals surface area (Å²) in [5, 5.41) is 23.1. The van der Waals surface area contributed by atoms with Gasteiger partial charge in [-0.2, -0.15) is 19.9 Å². The Morgan fingerprint density at radius 1 is 1.14 bits per heavy atom. The first-order valence-electron chi connectivity index (χ1n) is 10.2. The lowest BCUT2D eigenvalue weighted by Crippen LogP contribution is -2.19. The minimum absolute atomic E-state index is 0.0423. The third kappa shape index (κ3) is 4.13. The molecule has 2 aromatic carbocycles. The van der Waals surface area contributed by atoms with Gasteiger partial charge >= 0.3 is 0 Å². The van der Waals surface area contributed by atoms with E-state index in [9.17, 15) is 19.7 Å². The van der Waals surface area contributed by atoms with Crippen LogP contribution in [0.2, 0.25) is 5.02 Å². The standard InChI is InChI=1S/C22H15ClN8O4/c1-12-9-18(25-20(32)13-3-2-4-16(10-13)31(34)35)30(28-12)22-26-19-17(21(33)27-22)11-24-29(19)15-7-5-14(23)6-8-15/h2-11H,1H3,(H,25,32)(H,26,27,33). The van der Waals surface area contributed by atoms with Crippen molar-refractivity contribution in [1.29, 1.82) is 0 Å². The zero-order chi connectivity index (χ0) is 24.7. The Hall–Kier alpha value is -4.84. The molecule has 5 aromatic rings. The van der Waals surface area contributed by atoms with E-state index in [1.807, 2.05) is 0 Å². The lowest BCUT2D eigenvalue weighted by atomic mass is 10.2. The van der Waals surface area contributed by atoms with Crippen molar-refractivity contribution in [3.05, 3.63) is 97.5 Å². The highest BCUT2D eigenvalue weighted by atomic mass is 35.5. The van der Waals surface area contributed by atoms with Gasteiger partial charge in [-0.3, -0.25) is 24.7 Å². The second kappa shape index (κ2) is 8.50. The summed E-state index contributed by atoms with van der Waals surface area (Å²) in [5.41, 5.74) is 0.874. The van der Waals surface area contributed by atoms with Crippen LogP contribution in [0.5, 0.6) is 0 Å². The van der Waals surface area contributed by atoms with Crippen LogP contribution in [0, 0.1) is 17.0 Å². The maximum atomic E-state index is 12.8. The van der Waals surface area contributed by atoms with Crippen LogP contribution in [-0.2, 0) is 0 Å². The maximum absolute atomic E-state index is 12.8. The summed E-state index contributed by atoms with van der Waals surface area (Å²) in [6, 6.07) is 13.8. The number of rotatable bonds is 5. The number of fused-ring (bicyclic) bond motifs is 1. The largest absolute Gasteiger partial charge is 0.306 e. The minimum atomic E-state index is -0.593. The van der Waals surface area contributed by atoms with Gasteiger partial charge in [-0.1, -0.05) is 17.7 Å². The molecule has 3 heterocycles. The summed E-state index contributed by atoms with van der Waals surface area (Å²) in [4.78, 5) is 43.2. The predicted molar refractivity (Wildman–Crippen MR) is 127 cm³/mol. The predicted octanol–water partition coefficient (Wildman–Crippen LogP) is 3.42. The first-order valence-corrected chi connectivity index (χ1v) is 10.5. The van der Waals surface area contributed by atoms with Gasteiger partial charge in [0.1, 0.15) is 11.2 Å². The number of hydrogen-bond donors (Lipinski definition) is 2. The van der Waals surface area contributed by atoms with E-state index in [0.717, 1.165) is 0 Å². The van der Waals surface area contributed by atoms with E-state index >= 15 is 0 Å². The Morgan fingerprint density at radius 2 is 1.91 bits per heavy atom. The second-order valence-corrected chi connectivity index (χ2v) is 7.94. The first-order chi connectivity index (χ1) is 16.8. The van der Waals surface area contributed by atoms with Gasteiger partial charge in [0, 0.05) is 28.8 Å². The van der Waals surface area contributed by atoms with E-state index in [4.69, 9.17) is 11.6 Å². The Kier molecular flexibility index (Phi) is 5.34. The molecule has 0 radical (unpaired) electrons. The fourth-order valence-corrected chi connectivity index (χ4v) is 3.60. The van der Waals surface area contributed by atoms with Crippen LogP contribution in [0.15, 0.2) is 65.6 Å². The van der Waals surface area contributed by atoms with Gasteiger partial charge in [-0.05, 0) is 37.3 Å². The fraction of sp³-hybridized carbons (Fsp3) is 0.0455. The van der Waals surface area contributed by atoms with Crippen molar-refractivity contribution in [1.82, 2.24) is 29.5 Å². The van der Waals surface area contributed by atoms with Crippen LogP contribution in [0.3, 0.4) is 0 Å². The van der Waals surface area contributed by atoms with Crippen molar-refractivity contribution in [2.24, 2.45) is 0 Å². The molecule has 5 rings (SSSR count). The third-order valence-corrected chi connectivity index (χ3v) is 5.34. The smallest absolute Gasteiger partial charge is 0.270 e. The topological polar surface area (TPSA) is 154 Å². The van der Waals surface area contributed by atoms with E-state index in [1.165, 1.54) is 39.8 Å². The van der Waals surface area contributed by atoms with Crippen molar-refractivity contribution in [2.45, 2.75) is 6.92 Å². The molecule has 1 amide bonds. The molecule has 0 bridgehead atoms. The molecular formula is C22H15ClN8O4. The van der Waals surface area contributed by atoms with E-state index < -0.39 is 16.4 Å². The molecule has 2 N–H and O–H groups in total. The number of carbonyl (C=O) groups is 1. The number of aromatic nitrogens is 6. The number of non-ortho nitro benzene ring substituents is 1. The summed E-state index contributed by atoms with van der Waals surface area (Å²) in [5.74, 6) is -0.343. The summed E-state index contributed by atoms with van der Waals surface area (Å²) >= 11 is 5.97. The van der Waals surface area contributed by atoms with Crippen molar-refractivity contribution >= 4 is 40.0 Å². The zero-order valence-corrected chi connectivity index (χ0v) is 18.7. The molecule has 13 heteroatoms. The molecule has 35 heavy (non-hydrogen) atoms. The monoisotopic (exact) mass is 490 g/mol. The van der Waals surface area contributed by atoms with E-state index in [2.05, 4.69) is 25.5 Å². The van der Waals surface area contributed by atoms with Gasteiger partial charge in [0.2, 0.25) is 5.95 Å². The Balaban J connectivity index is 1.56. The first kappa shape index (κ1) is 22.0. The lowest BCUT2D eigenvalue weighted by Gasteiger charge is -2.09. The van der Waals surface area contributed by atoms with Crippen LogP contribution < -0.4 is 10.9 Å². The highest BCUT2D eigenvalue weighted by Gasteiger charge is 2.18. The molecule has 0 atom stereocenters. The summed E-state index contributed by atoms with van der Waals surface area (Å²) in [6.45, 7) is 1.70. The summed E-state index contributed by atoms with van der Waals surface area (Å²) in [6.07, 6.45) is 1.40. The number of nitrogens with zero attached hydrogens (tertiary/aromatic N) is 6. The van der Waals surface area contributed by atoms with Crippen LogP contribution in [0.25, 0.3) is 22.7 Å². The molecule has 0 saturated heterocycles. The highest BCUT2D eigenvalue weighted by Crippen LogP contribution is 2.20. The highest BCUT2D eigenvalue weighted by molar-refractivity contribution is 6.30. The Morgan fingerprint density at radius 3 is 2.66 bits per heavy atom. The van der Waals surface area contributed by atoms with E-state index in [0.29, 0.717) is 16.4 Å².